The number of hydrogen-bond donors (Lipinski definition) is 2. The minimum Gasteiger partial charge on any atom is -0.393 e. The zero-order chi connectivity index (χ0) is 17.0. The van der Waals surface area contributed by atoms with Crippen molar-refractivity contribution in [3.05, 3.63) is 0 Å². The van der Waals surface area contributed by atoms with Crippen LogP contribution in [-0.2, 0) is 4.79 Å². The maximum Gasteiger partial charge on any atom is 0.255 e. The Morgan fingerprint density at radius 2 is 1.71 bits per heavy atom. The predicted octanol–water partition coefficient (Wildman–Crippen LogP) is 1.77. The highest BCUT2D eigenvalue weighted by molar-refractivity contribution is 5.86. The molecule has 1 amide bonds. The fourth-order valence-corrected chi connectivity index (χ4v) is 4.69. The van der Waals surface area contributed by atoms with Gasteiger partial charge in [-0.3, -0.25) is 9.69 Å². The Morgan fingerprint density at radius 3 is 2.42 bits per heavy atom. The van der Waals surface area contributed by atoms with Crippen molar-refractivity contribution in [3.63, 3.8) is 0 Å². The van der Waals surface area contributed by atoms with Crippen LogP contribution in [0.15, 0.2) is 0 Å². The lowest BCUT2D eigenvalue weighted by atomic mass is 9.86. The monoisotopic (exact) mass is 338 g/mol. The number of hydrogen-bond acceptors (Lipinski definition) is 4. The topological polar surface area (TPSA) is 64.0 Å². The van der Waals surface area contributed by atoms with E-state index in [2.05, 4.69) is 4.90 Å². The van der Waals surface area contributed by atoms with Crippen molar-refractivity contribution in [3.8, 4) is 0 Å². The molecule has 0 aromatic rings. The molecule has 0 radical (unpaired) electrons. The van der Waals surface area contributed by atoms with Crippen LogP contribution in [-0.4, -0.2) is 70.3 Å². The summed E-state index contributed by atoms with van der Waals surface area (Å²) in [5, 5.41) is 20.6. The van der Waals surface area contributed by atoms with Gasteiger partial charge in [-0.05, 0) is 38.0 Å². The number of aliphatic hydroxyl groups is 2. The summed E-state index contributed by atoms with van der Waals surface area (Å²) in [5.41, 5.74) is -1.22. The van der Waals surface area contributed by atoms with E-state index in [1.807, 2.05) is 4.90 Å². The first-order valence-corrected chi connectivity index (χ1v) is 9.99. The molecule has 3 fully saturated rings. The van der Waals surface area contributed by atoms with E-state index in [4.69, 9.17) is 0 Å². The lowest BCUT2D eigenvalue weighted by Crippen LogP contribution is -2.59. The van der Waals surface area contributed by atoms with Crippen molar-refractivity contribution in [2.75, 3.05) is 32.7 Å². The first-order valence-electron chi connectivity index (χ1n) is 9.99. The van der Waals surface area contributed by atoms with Crippen LogP contribution in [0.4, 0.5) is 0 Å². The van der Waals surface area contributed by atoms with Crippen molar-refractivity contribution in [2.45, 2.75) is 75.9 Å². The summed E-state index contributed by atoms with van der Waals surface area (Å²) in [7, 11) is 0. The first kappa shape index (κ1) is 18.2. The normalized spacial score (nSPS) is 31.6. The molecule has 0 spiro atoms. The first-order chi connectivity index (χ1) is 11.6. The molecule has 138 valence electrons. The smallest absolute Gasteiger partial charge is 0.255 e. The third-order valence-electron chi connectivity index (χ3n) is 6.28. The molecule has 0 bridgehead atoms. The van der Waals surface area contributed by atoms with Gasteiger partial charge in [-0.25, -0.2) is 0 Å². The molecule has 2 N–H and O–H groups in total. The van der Waals surface area contributed by atoms with Gasteiger partial charge in [0.1, 0.15) is 0 Å². The summed E-state index contributed by atoms with van der Waals surface area (Å²) in [4.78, 5) is 16.9. The quantitative estimate of drug-likeness (QED) is 0.802. The van der Waals surface area contributed by atoms with Gasteiger partial charge in [-0.2, -0.15) is 0 Å². The molecule has 0 aromatic carbocycles. The molecule has 0 unspecified atom stereocenters. The van der Waals surface area contributed by atoms with Crippen molar-refractivity contribution < 1.29 is 15.0 Å². The Bertz CT molecular complexity index is 417. The van der Waals surface area contributed by atoms with Crippen LogP contribution in [0.5, 0.6) is 0 Å². The van der Waals surface area contributed by atoms with Gasteiger partial charge in [0, 0.05) is 32.7 Å². The Hall–Kier alpha value is -0.650. The molecule has 5 nitrogen and oxygen atoms in total. The van der Waals surface area contributed by atoms with Crippen LogP contribution in [0, 0.1) is 5.92 Å². The number of rotatable bonds is 5. The highest BCUT2D eigenvalue weighted by Gasteiger charge is 2.43. The average Bonchev–Trinajstić information content (AvgIpc) is 2.59. The zero-order valence-corrected chi connectivity index (χ0v) is 15.0. The van der Waals surface area contributed by atoms with Crippen molar-refractivity contribution >= 4 is 5.91 Å². The minimum absolute atomic E-state index is 0.0596. The van der Waals surface area contributed by atoms with E-state index in [0.717, 1.165) is 57.8 Å². The van der Waals surface area contributed by atoms with Crippen LogP contribution in [0.2, 0.25) is 0 Å². The summed E-state index contributed by atoms with van der Waals surface area (Å²) in [5.74, 6) is 0.709. The molecule has 1 saturated carbocycles. The van der Waals surface area contributed by atoms with Gasteiger partial charge < -0.3 is 15.1 Å². The third-order valence-corrected chi connectivity index (χ3v) is 6.28. The SMILES string of the molecule is O=C1N(CCC2CCCCC2)CCC[C@@]1(O)CN1CCC(O)CC1. The summed E-state index contributed by atoms with van der Waals surface area (Å²) < 4.78 is 0. The lowest BCUT2D eigenvalue weighted by Gasteiger charge is -2.42. The van der Waals surface area contributed by atoms with E-state index in [1.54, 1.807) is 0 Å². The van der Waals surface area contributed by atoms with Crippen LogP contribution >= 0.6 is 0 Å². The molecule has 24 heavy (non-hydrogen) atoms. The third kappa shape index (κ3) is 4.50. The van der Waals surface area contributed by atoms with Gasteiger partial charge in [0.15, 0.2) is 5.60 Å². The Morgan fingerprint density at radius 1 is 1.00 bits per heavy atom. The number of aliphatic hydroxyl groups excluding tert-OH is 1. The number of likely N-dealkylation sites (tertiary alicyclic amines) is 2. The number of piperidine rings is 2. The number of carbonyl (C=O) groups excluding carboxylic acids is 1. The van der Waals surface area contributed by atoms with Crippen LogP contribution in [0.3, 0.4) is 0 Å². The van der Waals surface area contributed by atoms with Crippen molar-refractivity contribution in [2.24, 2.45) is 5.92 Å². The summed E-state index contributed by atoms with van der Waals surface area (Å²) in [6.07, 6.45) is 10.5. The Labute approximate surface area is 146 Å². The maximum absolute atomic E-state index is 12.9. The molecule has 1 aliphatic carbocycles. The number of β-amino-alcohol motifs (C(OH)–C–C–N with tert-alkyl or cyclic N) is 1. The molecular formula is C19H34N2O3. The Balaban J connectivity index is 1.51. The van der Waals surface area contributed by atoms with E-state index in [0.29, 0.717) is 13.0 Å². The van der Waals surface area contributed by atoms with Gasteiger partial charge >= 0.3 is 0 Å². The largest absolute Gasteiger partial charge is 0.393 e. The second-order valence-electron chi connectivity index (χ2n) is 8.23. The summed E-state index contributed by atoms with van der Waals surface area (Å²) in [6, 6.07) is 0. The molecule has 5 heteroatoms. The van der Waals surface area contributed by atoms with Gasteiger partial charge in [0.05, 0.1) is 6.10 Å². The molecule has 0 aromatic heterocycles. The fourth-order valence-electron chi connectivity index (χ4n) is 4.69. The van der Waals surface area contributed by atoms with E-state index in [9.17, 15) is 15.0 Å². The number of amides is 1. The molecular weight excluding hydrogens is 304 g/mol. The zero-order valence-electron chi connectivity index (χ0n) is 15.0. The van der Waals surface area contributed by atoms with E-state index in [-0.39, 0.29) is 12.0 Å². The molecule has 1 atom stereocenters. The molecule has 2 aliphatic heterocycles. The van der Waals surface area contributed by atoms with Gasteiger partial charge in [0.2, 0.25) is 0 Å². The van der Waals surface area contributed by atoms with Gasteiger partial charge in [-0.1, -0.05) is 32.1 Å². The van der Waals surface area contributed by atoms with Crippen molar-refractivity contribution in [1.29, 1.82) is 0 Å². The predicted molar refractivity (Wildman–Crippen MR) is 93.6 cm³/mol. The fraction of sp³-hybridized carbons (Fsp3) is 0.947. The maximum atomic E-state index is 12.9. The second kappa shape index (κ2) is 8.15. The summed E-state index contributed by atoms with van der Waals surface area (Å²) in [6.45, 7) is 3.59. The van der Waals surface area contributed by atoms with E-state index in [1.165, 1.54) is 32.1 Å². The second-order valence-corrected chi connectivity index (χ2v) is 8.23. The molecule has 3 rings (SSSR count). The Kier molecular flexibility index (Phi) is 6.17. The lowest BCUT2D eigenvalue weighted by molar-refractivity contribution is -0.160. The molecule has 3 aliphatic rings. The highest BCUT2D eigenvalue weighted by Crippen LogP contribution is 2.29. The number of carbonyl (C=O) groups is 1. The van der Waals surface area contributed by atoms with E-state index < -0.39 is 5.60 Å². The van der Waals surface area contributed by atoms with Gasteiger partial charge in [0.25, 0.3) is 5.91 Å². The molecule has 2 saturated heterocycles. The summed E-state index contributed by atoms with van der Waals surface area (Å²) >= 11 is 0. The average molecular weight is 338 g/mol. The highest BCUT2D eigenvalue weighted by atomic mass is 16.3. The van der Waals surface area contributed by atoms with Crippen LogP contribution < -0.4 is 0 Å². The minimum atomic E-state index is -1.22. The van der Waals surface area contributed by atoms with Crippen LogP contribution in [0.25, 0.3) is 0 Å². The van der Waals surface area contributed by atoms with Crippen molar-refractivity contribution in [1.82, 2.24) is 9.80 Å². The number of nitrogens with zero attached hydrogens (tertiary/aromatic N) is 2. The van der Waals surface area contributed by atoms with Gasteiger partial charge in [-0.15, -0.1) is 0 Å². The van der Waals surface area contributed by atoms with E-state index >= 15 is 0 Å². The van der Waals surface area contributed by atoms with Crippen LogP contribution in [0.1, 0.15) is 64.2 Å². The standard InChI is InChI=1S/C19H34N2O3/c22-17-8-12-20(13-9-17)15-19(24)10-4-11-21(18(19)23)14-7-16-5-2-1-3-6-16/h16-17,22,24H,1-15H2/t19-/m1/s1. The molecule has 2 heterocycles.